The minimum Gasteiger partial charge on any atom is -0.444 e. The minimum absolute atomic E-state index is 0.127. The van der Waals surface area contributed by atoms with Crippen molar-refractivity contribution in [3.8, 4) is 6.07 Å². The Morgan fingerprint density at radius 3 is 2.87 bits per heavy atom. The van der Waals surface area contributed by atoms with Crippen molar-refractivity contribution in [1.29, 1.82) is 5.26 Å². The summed E-state index contributed by atoms with van der Waals surface area (Å²) < 4.78 is 5.17. The predicted molar refractivity (Wildman–Crippen MR) is 84.3 cm³/mol. The van der Waals surface area contributed by atoms with Gasteiger partial charge >= 0.3 is 6.09 Å². The lowest BCUT2D eigenvalue weighted by atomic mass is 10.1. The fourth-order valence-electron chi connectivity index (χ4n) is 2.44. The number of carbonyl (C=O) groups is 2. The Bertz CT molecular complexity index is 643. The fourth-order valence-corrected chi connectivity index (χ4v) is 2.44. The maximum atomic E-state index is 12.4. The van der Waals surface area contributed by atoms with Crippen LogP contribution >= 0.6 is 0 Å². The van der Waals surface area contributed by atoms with Gasteiger partial charge in [0.25, 0.3) is 0 Å². The number of benzene rings is 1. The summed E-state index contributed by atoms with van der Waals surface area (Å²) in [6, 6.07) is 8.70. The first-order valence-corrected chi connectivity index (χ1v) is 7.56. The van der Waals surface area contributed by atoms with E-state index in [1.165, 1.54) is 0 Å². The van der Waals surface area contributed by atoms with E-state index in [1.807, 2.05) is 6.07 Å². The maximum absolute atomic E-state index is 12.4. The molecular weight excluding hydrogens is 294 g/mol. The number of rotatable bonds is 3. The lowest BCUT2D eigenvalue weighted by Gasteiger charge is -2.21. The van der Waals surface area contributed by atoms with Gasteiger partial charge < -0.3 is 15.0 Å². The molecule has 1 aliphatic rings. The molecule has 0 saturated carbocycles. The number of hydrogen-bond acceptors (Lipinski definition) is 4. The Labute approximate surface area is 136 Å². The zero-order valence-corrected chi connectivity index (χ0v) is 13.6. The number of alkyl carbamates (subject to hydrolysis) is 1. The average Bonchev–Trinajstić information content (AvgIpc) is 2.78. The number of carbonyl (C=O) groups excluding carboxylic acids is 2. The van der Waals surface area contributed by atoms with Gasteiger partial charge in [0.2, 0.25) is 5.91 Å². The summed E-state index contributed by atoms with van der Waals surface area (Å²) in [6.07, 6.45) is -0.0279. The predicted octanol–water partition coefficient (Wildman–Crippen LogP) is 2.18. The third-order valence-electron chi connectivity index (χ3n) is 3.42. The highest BCUT2D eigenvalue weighted by Gasteiger charge is 2.33. The van der Waals surface area contributed by atoms with E-state index in [4.69, 9.17) is 10.00 Å². The van der Waals surface area contributed by atoms with Crippen molar-refractivity contribution in [2.45, 2.75) is 45.4 Å². The minimum atomic E-state index is -0.594. The van der Waals surface area contributed by atoms with Crippen molar-refractivity contribution in [3.63, 3.8) is 0 Å². The summed E-state index contributed by atoms with van der Waals surface area (Å²) in [7, 11) is 0. The molecule has 6 heteroatoms. The highest BCUT2D eigenvalue weighted by Crippen LogP contribution is 2.17. The molecular formula is C17H21N3O3. The van der Waals surface area contributed by atoms with Crippen LogP contribution in [-0.2, 0) is 16.1 Å². The van der Waals surface area contributed by atoms with Crippen LogP contribution in [0.3, 0.4) is 0 Å². The van der Waals surface area contributed by atoms with Crippen LogP contribution in [0.15, 0.2) is 24.3 Å². The second-order valence-electron chi connectivity index (χ2n) is 6.56. The second-order valence-corrected chi connectivity index (χ2v) is 6.56. The Balaban J connectivity index is 1.94. The number of likely N-dealkylation sites (tertiary alicyclic amines) is 1. The van der Waals surface area contributed by atoms with Gasteiger partial charge in [-0.15, -0.1) is 0 Å². The van der Waals surface area contributed by atoms with Crippen LogP contribution in [-0.4, -0.2) is 35.1 Å². The van der Waals surface area contributed by atoms with Gasteiger partial charge in [0.15, 0.2) is 0 Å². The van der Waals surface area contributed by atoms with Crippen molar-refractivity contribution in [1.82, 2.24) is 10.2 Å². The fraction of sp³-hybridized carbons (Fsp3) is 0.471. The zero-order chi connectivity index (χ0) is 17.0. The van der Waals surface area contributed by atoms with Crippen LogP contribution in [0.1, 0.15) is 38.3 Å². The summed E-state index contributed by atoms with van der Waals surface area (Å²) in [5.74, 6) is -0.127. The quantitative estimate of drug-likeness (QED) is 0.927. The molecule has 1 saturated heterocycles. The van der Waals surface area contributed by atoms with E-state index in [2.05, 4.69) is 11.4 Å². The summed E-state index contributed by atoms with van der Waals surface area (Å²) in [6.45, 7) is 6.32. The van der Waals surface area contributed by atoms with E-state index in [0.29, 0.717) is 25.1 Å². The molecule has 0 unspecified atom stereocenters. The molecule has 1 fully saturated rings. The van der Waals surface area contributed by atoms with E-state index in [0.717, 1.165) is 5.56 Å². The van der Waals surface area contributed by atoms with Crippen LogP contribution in [0.4, 0.5) is 4.79 Å². The highest BCUT2D eigenvalue weighted by molar-refractivity contribution is 5.87. The van der Waals surface area contributed by atoms with Gasteiger partial charge in [-0.1, -0.05) is 12.1 Å². The van der Waals surface area contributed by atoms with Crippen molar-refractivity contribution in [2.24, 2.45) is 0 Å². The van der Waals surface area contributed by atoms with Gasteiger partial charge in [-0.3, -0.25) is 4.79 Å². The molecule has 6 nitrogen and oxygen atoms in total. The molecule has 1 aromatic rings. The molecule has 2 rings (SSSR count). The topological polar surface area (TPSA) is 82.4 Å². The van der Waals surface area contributed by atoms with Gasteiger partial charge in [0.05, 0.1) is 11.6 Å². The average molecular weight is 315 g/mol. The van der Waals surface area contributed by atoms with Crippen LogP contribution in [0.5, 0.6) is 0 Å². The third-order valence-corrected chi connectivity index (χ3v) is 3.42. The summed E-state index contributed by atoms with van der Waals surface area (Å²) >= 11 is 0. The Hall–Kier alpha value is -2.55. The van der Waals surface area contributed by atoms with Gasteiger partial charge in [0, 0.05) is 13.1 Å². The van der Waals surface area contributed by atoms with Crippen LogP contribution in [0.25, 0.3) is 0 Å². The molecule has 2 amide bonds. The summed E-state index contributed by atoms with van der Waals surface area (Å²) in [4.78, 5) is 25.8. The second kappa shape index (κ2) is 6.69. The first-order chi connectivity index (χ1) is 10.8. The molecule has 23 heavy (non-hydrogen) atoms. The van der Waals surface area contributed by atoms with Crippen LogP contribution in [0, 0.1) is 11.3 Å². The van der Waals surface area contributed by atoms with Crippen molar-refractivity contribution < 1.29 is 14.3 Å². The Morgan fingerprint density at radius 2 is 2.22 bits per heavy atom. The van der Waals surface area contributed by atoms with Crippen LogP contribution in [0.2, 0.25) is 0 Å². The monoisotopic (exact) mass is 315 g/mol. The zero-order valence-electron chi connectivity index (χ0n) is 13.6. The Morgan fingerprint density at radius 1 is 1.48 bits per heavy atom. The molecule has 1 N–H and O–H groups in total. The molecule has 0 radical (unpaired) electrons. The van der Waals surface area contributed by atoms with E-state index in [-0.39, 0.29) is 5.91 Å². The molecule has 0 aromatic heterocycles. The van der Waals surface area contributed by atoms with E-state index in [9.17, 15) is 9.59 Å². The standard InChI is InChI=1S/C17H21N3O3/c1-17(2,3)23-16(22)19-14-7-8-20(15(14)21)11-13-6-4-5-12(9-13)10-18/h4-6,9,14H,7-8,11H2,1-3H3,(H,19,22)/t14-/m0/s1. The largest absolute Gasteiger partial charge is 0.444 e. The number of amides is 2. The van der Waals surface area contributed by atoms with Gasteiger partial charge in [-0.25, -0.2) is 4.79 Å². The molecule has 122 valence electrons. The number of nitrogens with one attached hydrogen (secondary N) is 1. The highest BCUT2D eigenvalue weighted by atomic mass is 16.6. The number of nitrogens with zero attached hydrogens (tertiary/aromatic N) is 2. The van der Waals surface area contributed by atoms with Crippen molar-refractivity contribution in [2.75, 3.05) is 6.54 Å². The molecule has 0 bridgehead atoms. The van der Waals surface area contributed by atoms with E-state index < -0.39 is 17.7 Å². The molecule has 1 heterocycles. The first-order valence-electron chi connectivity index (χ1n) is 7.56. The van der Waals surface area contributed by atoms with Crippen LogP contribution < -0.4 is 5.32 Å². The third kappa shape index (κ3) is 4.71. The van der Waals surface area contributed by atoms with Gasteiger partial charge in [-0.2, -0.15) is 5.26 Å². The maximum Gasteiger partial charge on any atom is 0.408 e. The van der Waals surface area contributed by atoms with Crippen molar-refractivity contribution in [3.05, 3.63) is 35.4 Å². The molecule has 1 atom stereocenters. The lowest BCUT2D eigenvalue weighted by Crippen LogP contribution is -2.43. The number of hydrogen-bond donors (Lipinski definition) is 1. The molecule has 0 spiro atoms. The Kier molecular flexibility index (Phi) is 4.89. The van der Waals surface area contributed by atoms with E-state index in [1.54, 1.807) is 43.9 Å². The number of nitriles is 1. The first kappa shape index (κ1) is 16.8. The smallest absolute Gasteiger partial charge is 0.408 e. The normalized spacial score (nSPS) is 17.7. The van der Waals surface area contributed by atoms with Crippen molar-refractivity contribution >= 4 is 12.0 Å². The van der Waals surface area contributed by atoms with Gasteiger partial charge in [0.1, 0.15) is 11.6 Å². The molecule has 0 aliphatic carbocycles. The van der Waals surface area contributed by atoms with E-state index >= 15 is 0 Å². The summed E-state index contributed by atoms with van der Waals surface area (Å²) in [5.41, 5.74) is 0.872. The van der Waals surface area contributed by atoms with Gasteiger partial charge in [-0.05, 0) is 44.9 Å². The lowest BCUT2D eigenvalue weighted by molar-refractivity contribution is -0.129. The molecule has 1 aliphatic heterocycles. The number of ether oxygens (including phenoxy) is 1. The summed E-state index contributed by atoms with van der Waals surface area (Å²) in [5, 5.41) is 11.5. The SMILES string of the molecule is CC(C)(C)OC(=O)N[C@H]1CCN(Cc2cccc(C#N)c2)C1=O. The molecule has 1 aromatic carbocycles.